The smallest absolute Gasteiger partial charge is 0.219 e. The van der Waals surface area contributed by atoms with E-state index >= 15 is 0 Å². The zero-order valence-corrected chi connectivity index (χ0v) is 12.1. The molecule has 0 aliphatic heterocycles. The molecule has 2 aromatic rings. The minimum atomic E-state index is 0.468. The van der Waals surface area contributed by atoms with Gasteiger partial charge >= 0.3 is 0 Å². The lowest BCUT2D eigenvalue weighted by molar-refractivity contribution is 0.181. The summed E-state index contributed by atoms with van der Waals surface area (Å²) in [7, 11) is 4.87. The van der Waals surface area contributed by atoms with Crippen molar-refractivity contribution in [1.82, 2.24) is 4.98 Å². The van der Waals surface area contributed by atoms with E-state index in [-0.39, 0.29) is 0 Å². The molecule has 5 heteroatoms. The fraction of sp³-hybridized carbons (Fsp3) is 0.308. The third-order valence-electron chi connectivity index (χ3n) is 2.62. The minimum absolute atomic E-state index is 0.468. The number of hydrogen-bond donors (Lipinski definition) is 0. The Morgan fingerprint density at radius 3 is 2.50 bits per heavy atom. The van der Waals surface area contributed by atoms with Crippen molar-refractivity contribution in [1.29, 1.82) is 0 Å². The lowest BCUT2D eigenvalue weighted by atomic mass is 10.1. The number of hydrogen-bond acceptors (Lipinski definition) is 4. The van der Waals surface area contributed by atoms with E-state index in [9.17, 15) is 0 Å². The maximum Gasteiger partial charge on any atom is 0.219 e. The summed E-state index contributed by atoms with van der Waals surface area (Å²) in [4.78, 5) is 4.46. The van der Waals surface area contributed by atoms with Crippen LogP contribution in [0.4, 0.5) is 0 Å². The molecule has 18 heavy (non-hydrogen) atoms. The highest BCUT2D eigenvalue weighted by Crippen LogP contribution is 2.32. The Morgan fingerprint density at radius 1 is 1.11 bits per heavy atom. The molecule has 96 valence electrons. The molecule has 0 saturated heterocycles. The highest BCUT2D eigenvalue weighted by atomic mass is 79.9. The van der Waals surface area contributed by atoms with Crippen molar-refractivity contribution in [3.8, 4) is 11.6 Å². The first-order valence-electron chi connectivity index (χ1n) is 5.39. The first-order valence-corrected chi connectivity index (χ1v) is 6.19. The molecule has 0 spiro atoms. The van der Waals surface area contributed by atoms with E-state index in [4.69, 9.17) is 14.2 Å². The topological polar surface area (TPSA) is 40.6 Å². The predicted octanol–water partition coefficient (Wildman–Crippen LogP) is 3.16. The Hall–Kier alpha value is -1.33. The number of fused-ring (bicyclic) bond motifs is 1. The molecule has 0 N–H and O–H groups in total. The van der Waals surface area contributed by atoms with Crippen molar-refractivity contribution >= 4 is 26.8 Å². The maximum absolute atomic E-state index is 5.27. The minimum Gasteiger partial charge on any atom is -0.495 e. The molecule has 0 fully saturated rings. The van der Waals surface area contributed by atoms with Crippen LogP contribution in [0.1, 0.15) is 5.56 Å². The van der Waals surface area contributed by atoms with Crippen LogP contribution in [-0.4, -0.2) is 26.3 Å². The zero-order valence-electron chi connectivity index (χ0n) is 10.5. The Balaban J connectivity index is 2.63. The van der Waals surface area contributed by atoms with Gasteiger partial charge in [0, 0.05) is 24.1 Å². The van der Waals surface area contributed by atoms with E-state index in [0.29, 0.717) is 12.5 Å². The molecule has 0 bridgehead atoms. The third kappa shape index (κ3) is 2.42. The lowest BCUT2D eigenvalue weighted by Crippen LogP contribution is -1.98. The molecule has 2 rings (SSSR count). The second-order valence-electron chi connectivity index (χ2n) is 3.77. The fourth-order valence-corrected chi connectivity index (χ4v) is 2.32. The summed E-state index contributed by atoms with van der Waals surface area (Å²) in [6, 6.07) is 5.85. The van der Waals surface area contributed by atoms with Crippen LogP contribution < -0.4 is 9.47 Å². The number of rotatable bonds is 4. The van der Waals surface area contributed by atoms with Crippen molar-refractivity contribution in [3.63, 3.8) is 0 Å². The van der Waals surface area contributed by atoms with Crippen LogP contribution in [0.3, 0.4) is 0 Å². The Labute approximate surface area is 114 Å². The summed E-state index contributed by atoms with van der Waals surface area (Å²) in [5, 5.41) is 1.01. The van der Waals surface area contributed by atoms with Crippen LogP contribution in [0, 0.1) is 0 Å². The first kappa shape index (κ1) is 13.1. The summed E-state index contributed by atoms with van der Waals surface area (Å²) in [5.41, 5.74) is 1.75. The van der Waals surface area contributed by atoms with Gasteiger partial charge in [0.05, 0.1) is 30.8 Å². The van der Waals surface area contributed by atoms with Crippen LogP contribution in [-0.2, 0) is 11.3 Å². The number of nitrogens with zero attached hydrogens (tertiary/aromatic N) is 1. The van der Waals surface area contributed by atoms with Gasteiger partial charge in [0.2, 0.25) is 5.88 Å². The van der Waals surface area contributed by atoms with Crippen molar-refractivity contribution in [2.75, 3.05) is 21.3 Å². The van der Waals surface area contributed by atoms with Crippen molar-refractivity contribution in [2.24, 2.45) is 0 Å². The molecule has 0 amide bonds. The van der Waals surface area contributed by atoms with Gasteiger partial charge in [0.25, 0.3) is 0 Å². The van der Waals surface area contributed by atoms with Crippen LogP contribution in [0.25, 0.3) is 10.9 Å². The van der Waals surface area contributed by atoms with Gasteiger partial charge in [-0.15, -0.1) is 0 Å². The highest BCUT2D eigenvalue weighted by molar-refractivity contribution is 9.10. The van der Waals surface area contributed by atoms with Crippen LogP contribution in [0.5, 0.6) is 11.6 Å². The largest absolute Gasteiger partial charge is 0.495 e. The third-order valence-corrected chi connectivity index (χ3v) is 3.24. The molecule has 4 nitrogen and oxygen atoms in total. The highest BCUT2D eigenvalue weighted by Gasteiger charge is 2.10. The van der Waals surface area contributed by atoms with Crippen LogP contribution in [0.2, 0.25) is 0 Å². The van der Waals surface area contributed by atoms with Crippen LogP contribution >= 0.6 is 15.9 Å². The van der Waals surface area contributed by atoms with E-state index in [1.54, 1.807) is 21.3 Å². The molecule has 0 aliphatic rings. The van der Waals surface area contributed by atoms with E-state index in [2.05, 4.69) is 20.9 Å². The van der Waals surface area contributed by atoms with E-state index < -0.39 is 0 Å². The number of halogens is 1. The second-order valence-corrected chi connectivity index (χ2v) is 4.62. The summed E-state index contributed by atoms with van der Waals surface area (Å²) >= 11 is 3.46. The molecular formula is C13H14BrNO3. The predicted molar refractivity (Wildman–Crippen MR) is 73.3 cm³/mol. The van der Waals surface area contributed by atoms with Crippen molar-refractivity contribution in [2.45, 2.75) is 6.61 Å². The molecule has 1 aromatic heterocycles. The van der Waals surface area contributed by atoms with Gasteiger partial charge in [-0.2, -0.15) is 0 Å². The van der Waals surface area contributed by atoms with Gasteiger partial charge in [-0.1, -0.05) is 0 Å². The number of ether oxygens (including phenoxy) is 3. The molecule has 0 atom stereocenters. The van der Waals surface area contributed by atoms with Gasteiger partial charge in [0.1, 0.15) is 5.75 Å². The van der Waals surface area contributed by atoms with E-state index in [0.717, 1.165) is 26.7 Å². The summed E-state index contributed by atoms with van der Waals surface area (Å²) in [6.45, 7) is 0.468. The number of aromatic nitrogens is 1. The van der Waals surface area contributed by atoms with Gasteiger partial charge in [-0.05, 0) is 28.1 Å². The van der Waals surface area contributed by atoms with Gasteiger partial charge in [-0.3, -0.25) is 0 Å². The molecule has 0 aliphatic carbocycles. The maximum atomic E-state index is 5.27. The SMILES string of the molecule is COCc1cc2cc(Br)c(OC)cc2nc1OC. The summed E-state index contributed by atoms with van der Waals surface area (Å²) in [5.74, 6) is 1.32. The number of methoxy groups -OCH3 is 3. The Bertz CT molecular complexity index is 572. The molecule has 0 saturated carbocycles. The summed E-state index contributed by atoms with van der Waals surface area (Å²) in [6.07, 6.45) is 0. The molecule has 1 aromatic carbocycles. The standard InChI is InChI=1S/C13H14BrNO3/c1-16-7-9-4-8-5-10(14)12(17-2)6-11(8)15-13(9)18-3/h4-6H,7H2,1-3H3. The fourth-order valence-electron chi connectivity index (χ4n) is 1.79. The Morgan fingerprint density at radius 2 is 1.89 bits per heavy atom. The van der Waals surface area contributed by atoms with Gasteiger partial charge < -0.3 is 14.2 Å². The molecule has 0 radical (unpaired) electrons. The molecule has 0 unspecified atom stereocenters. The number of benzene rings is 1. The van der Waals surface area contributed by atoms with Crippen LogP contribution in [0.15, 0.2) is 22.7 Å². The first-order chi connectivity index (χ1) is 8.69. The average molecular weight is 312 g/mol. The lowest BCUT2D eigenvalue weighted by Gasteiger charge is -2.10. The summed E-state index contributed by atoms with van der Waals surface area (Å²) < 4.78 is 16.6. The second kappa shape index (κ2) is 5.54. The number of pyridine rings is 1. The van der Waals surface area contributed by atoms with E-state index in [1.807, 2.05) is 18.2 Å². The quantitative estimate of drug-likeness (QED) is 0.869. The zero-order chi connectivity index (χ0) is 13.1. The molecular weight excluding hydrogens is 298 g/mol. The monoisotopic (exact) mass is 311 g/mol. The normalized spacial score (nSPS) is 10.7. The van der Waals surface area contributed by atoms with Gasteiger partial charge in [0.15, 0.2) is 0 Å². The van der Waals surface area contributed by atoms with Crippen molar-refractivity contribution < 1.29 is 14.2 Å². The van der Waals surface area contributed by atoms with E-state index in [1.165, 1.54) is 0 Å². The Kier molecular flexibility index (Phi) is 4.04. The van der Waals surface area contributed by atoms with Crippen molar-refractivity contribution in [3.05, 3.63) is 28.2 Å². The molecule has 1 heterocycles. The average Bonchev–Trinajstić information content (AvgIpc) is 2.37. The van der Waals surface area contributed by atoms with Gasteiger partial charge in [-0.25, -0.2) is 4.98 Å².